The van der Waals surface area contributed by atoms with E-state index in [1.807, 2.05) is 44.2 Å². The number of ether oxygens (including phenoxy) is 2. The second-order valence-electron chi connectivity index (χ2n) is 9.74. The van der Waals surface area contributed by atoms with E-state index >= 15 is 0 Å². The van der Waals surface area contributed by atoms with Gasteiger partial charge in [-0.2, -0.15) is 0 Å². The summed E-state index contributed by atoms with van der Waals surface area (Å²) >= 11 is 1.40. The third kappa shape index (κ3) is 7.27. The first kappa shape index (κ1) is 29.9. The number of benzene rings is 2. The first-order valence-corrected chi connectivity index (χ1v) is 13.5. The Bertz CT molecular complexity index is 1230. The molecule has 3 atom stereocenters. The minimum atomic E-state index is -1.66. The number of thioether (sulfide) groups is 1. The molecule has 1 heterocycles. The average molecular weight is 555 g/mol. The van der Waals surface area contributed by atoms with E-state index in [9.17, 15) is 24.3 Å². The number of amides is 2. The molecule has 0 aliphatic carbocycles. The normalized spacial score (nSPS) is 17.6. The van der Waals surface area contributed by atoms with Crippen molar-refractivity contribution in [2.75, 3.05) is 12.5 Å². The number of aliphatic hydroxyl groups is 1. The van der Waals surface area contributed by atoms with Crippen molar-refractivity contribution in [1.29, 1.82) is 0 Å². The standard InChI is InChI=1S/C29H34N2O7S/c1-6-15-37-28(36)25-29(4,5)39-17-31(25)27(35)24(33)22(16-20-11-8-7-9-12-20)30-26(34)21-13-10-14-23(18(21)2)38-19(3)32/h6-14,22,24-25,33H,1,15-17H2,2-5H3,(H,30,34)/t22-,24-,25?/m0/s1. The molecule has 2 amide bonds. The molecule has 2 aromatic rings. The lowest BCUT2D eigenvalue weighted by Crippen LogP contribution is -2.57. The van der Waals surface area contributed by atoms with Crippen molar-refractivity contribution in [2.45, 2.75) is 57.1 Å². The lowest BCUT2D eigenvalue weighted by atomic mass is 9.97. The van der Waals surface area contributed by atoms with Gasteiger partial charge in [-0.1, -0.05) is 49.1 Å². The molecule has 2 N–H and O–H groups in total. The van der Waals surface area contributed by atoms with Crippen molar-refractivity contribution in [2.24, 2.45) is 0 Å². The van der Waals surface area contributed by atoms with Crippen molar-refractivity contribution in [1.82, 2.24) is 10.2 Å². The number of aliphatic hydroxyl groups excluding tert-OH is 1. The molecule has 39 heavy (non-hydrogen) atoms. The maximum Gasteiger partial charge on any atom is 0.330 e. The fraction of sp³-hybridized carbons (Fsp3) is 0.379. The van der Waals surface area contributed by atoms with Gasteiger partial charge in [0.05, 0.1) is 11.9 Å². The summed E-state index contributed by atoms with van der Waals surface area (Å²) in [5.41, 5.74) is 1.46. The molecule has 1 fully saturated rings. The lowest BCUT2D eigenvalue weighted by molar-refractivity contribution is -0.157. The number of hydrogen-bond donors (Lipinski definition) is 2. The molecule has 208 valence electrons. The Hall–Kier alpha value is -3.63. The van der Waals surface area contributed by atoms with Crippen LogP contribution in [0.15, 0.2) is 61.2 Å². The van der Waals surface area contributed by atoms with E-state index in [4.69, 9.17) is 9.47 Å². The zero-order valence-electron chi connectivity index (χ0n) is 22.5. The predicted octanol–water partition coefficient (Wildman–Crippen LogP) is 3.03. The van der Waals surface area contributed by atoms with E-state index < -0.39 is 46.7 Å². The SMILES string of the molecule is C=CCOC(=O)C1N(C(=O)[C@@H](O)[C@H](Cc2ccccc2)NC(=O)c2cccc(OC(C)=O)c2C)CSC1(C)C. The average Bonchev–Trinajstić information content (AvgIpc) is 3.22. The topological polar surface area (TPSA) is 122 Å². The smallest absolute Gasteiger partial charge is 0.330 e. The fourth-order valence-corrected chi connectivity index (χ4v) is 5.54. The monoisotopic (exact) mass is 554 g/mol. The second kappa shape index (κ2) is 12.9. The third-order valence-corrected chi connectivity index (χ3v) is 7.80. The van der Waals surface area contributed by atoms with Crippen molar-refractivity contribution in [3.63, 3.8) is 0 Å². The number of nitrogens with zero attached hydrogens (tertiary/aromatic N) is 1. The van der Waals surface area contributed by atoms with Crippen LogP contribution in [0.1, 0.15) is 42.3 Å². The van der Waals surface area contributed by atoms with E-state index in [1.165, 1.54) is 29.7 Å². The van der Waals surface area contributed by atoms with Crippen LogP contribution in [0.3, 0.4) is 0 Å². The highest BCUT2D eigenvalue weighted by molar-refractivity contribution is 8.00. The predicted molar refractivity (Wildman–Crippen MR) is 148 cm³/mol. The maximum atomic E-state index is 13.6. The summed E-state index contributed by atoms with van der Waals surface area (Å²) in [6.07, 6.45) is -0.0639. The first-order chi connectivity index (χ1) is 18.5. The lowest BCUT2D eigenvalue weighted by Gasteiger charge is -2.32. The Morgan fingerprint density at radius 2 is 1.87 bits per heavy atom. The number of carbonyl (C=O) groups excluding carboxylic acids is 4. The van der Waals surface area contributed by atoms with Gasteiger partial charge < -0.3 is 24.8 Å². The summed E-state index contributed by atoms with van der Waals surface area (Å²) < 4.78 is 9.79. The van der Waals surface area contributed by atoms with Gasteiger partial charge in [0, 0.05) is 22.8 Å². The van der Waals surface area contributed by atoms with Crippen molar-refractivity contribution < 1.29 is 33.8 Å². The van der Waals surface area contributed by atoms with Gasteiger partial charge in [0.1, 0.15) is 18.4 Å². The van der Waals surface area contributed by atoms with Gasteiger partial charge >= 0.3 is 11.9 Å². The number of carbonyl (C=O) groups is 4. The van der Waals surface area contributed by atoms with Gasteiger partial charge in [-0.05, 0) is 44.9 Å². The highest BCUT2D eigenvalue weighted by atomic mass is 32.2. The fourth-order valence-electron chi connectivity index (χ4n) is 4.41. The molecule has 0 saturated carbocycles. The quantitative estimate of drug-likeness (QED) is 0.261. The van der Waals surface area contributed by atoms with E-state index in [0.29, 0.717) is 5.56 Å². The molecule has 0 spiro atoms. The zero-order chi connectivity index (χ0) is 28.7. The molecule has 0 bridgehead atoms. The van der Waals surface area contributed by atoms with Gasteiger partial charge in [-0.25, -0.2) is 4.79 Å². The van der Waals surface area contributed by atoms with Gasteiger partial charge in [-0.3, -0.25) is 14.4 Å². The number of hydrogen-bond acceptors (Lipinski definition) is 8. The van der Waals surface area contributed by atoms with E-state index in [0.717, 1.165) is 5.56 Å². The first-order valence-electron chi connectivity index (χ1n) is 12.5. The largest absolute Gasteiger partial charge is 0.460 e. The van der Waals surface area contributed by atoms with Crippen LogP contribution in [0.4, 0.5) is 0 Å². The molecule has 0 aromatic heterocycles. The summed E-state index contributed by atoms with van der Waals surface area (Å²) in [4.78, 5) is 52.6. The molecule has 1 unspecified atom stereocenters. The van der Waals surface area contributed by atoms with Crippen LogP contribution in [0.2, 0.25) is 0 Å². The minimum absolute atomic E-state index is 0.000882. The molecular formula is C29H34N2O7S. The molecule has 3 rings (SSSR count). The Balaban J connectivity index is 1.89. The van der Waals surface area contributed by atoms with Crippen molar-refractivity contribution in [3.05, 3.63) is 77.9 Å². The second-order valence-corrected chi connectivity index (χ2v) is 11.3. The van der Waals surface area contributed by atoms with Crippen molar-refractivity contribution >= 4 is 35.5 Å². The van der Waals surface area contributed by atoms with Gasteiger partial charge in [0.15, 0.2) is 6.10 Å². The molecule has 10 heteroatoms. The number of nitrogens with one attached hydrogen (secondary N) is 1. The van der Waals surface area contributed by atoms with Crippen LogP contribution in [0, 0.1) is 6.92 Å². The van der Waals surface area contributed by atoms with Crippen LogP contribution in [-0.4, -0.2) is 69.2 Å². The molecule has 0 radical (unpaired) electrons. The third-order valence-electron chi connectivity index (χ3n) is 6.43. The number of esters is 2. The van der Waals surface area contributed by atoms with E-state index in [2.05, 4.69) is 11.9 Å². The minimum Gasteiger partial charge on any atom is -0.460 e. The van der Waals surface area contributed by atoms with E-state index in [-0.39, 0.29) is 30.2 Å². The van der Waals surface area contributed by atoms with E-state index in [1.54, 1.807) is 25.1 Å². The van der Waals surface area contributed by atoms with Gasteiger partial charge in [0.2, 0.25) is 0 Å². The summed E-state index contributed by atoms with van der Waals surface area (Å²) in [5.74, 6) is -1.94. The summed E-state index contributed by atoms with van der Waals surface area (Å²) in [5, 5.41) is 14.1. The van der Waals surface area contributed by atoms with Crippen LogP contribution in [-0.2, 0) is 25.5 Å². The van der Waals surface area contributed by atoms with Crippen LogP contribution < -0.4 is 10.1 Å². The Morgan fingerprint density at radius 3 is 2.51 bits per heavy atom. The van der Waals surface area contributed by atoms with Crippen molar-refractivity contribution in [3.8, 4) is 5.75 Å². The molecule has 9 nitrogen and oxygen atoms in total. The van der Waals surface area contributed by atoms with Gasteiger partial charge in [0.25, 0.3) is 11.8 Å². The van der Waals surface area contributed by atoms with Crippen LogP contribution in [0.5, 0.6) is 5.75 Å². The Kier molecular flexibility index (Phi) is 9.93. The molecule has 1 aliphatic heterocycles. The highest BCUT2D eigenvalue weighted by Gasteiger charge is 2.50. The summed E-state index contributed by atoms with van der Waals surface area (Å²) in [7, 11) is 0. The maximum absolute atomic E-state index is 13.6. The van der Waals surface area contributed by atoms with Crippen LogP contribution in [0.25, 0.3) is 0 Å². The molecule has 1 saturated heterocycles. The summed E-state index contributed by atoms with van der Waals surface area (Å²) in [6, 6.07) is 11.9. The summed E-state index contributed by atoms with van der Waals surface area (Å²) in [6.45, 7) is 10.1. The molecule has 2 aromatic carbocycles. The van der Waals surface area contributed by atoms with Crippen LogP contribution >= 0.6 is 11.8 Å². The van der Waals surface area contributed by atoms with Gasteiger partial charge in [-0.15, -0.1) is 11.8 Å². The Labute approximate surface area is 232 Å². The zero-order valence-corrected chi connectivity index (χ0v) is 23.3. The molecular weight excluding hydrogens is 520 g/mol. The highest BCUT2D eigenvalue weighted by Crippen LogP contribution is 2.40. The Morgan fingerprint density at radius 1 is 1.18 bits per heavy atom. The number of rotatable bonds is 10. The molecule has 1 aliphatic rings.